The molecule has 7 heteroatoms. The fraction of sp³-hybridized carbons (Fsp3) is 0.314. The van der Waals surface area contributed by atoms with Crippen molar-refractivity contribution in [3.63, 3.8) is 0 Å². The molecule has 214 valence electrons. The van der Waals surface area contributed by atoms with E-state index in [0.717, 1.165) is 64.7 Å². The molecule has 0 aliphatic heterocycles. The Balaban J connectivity index is 0.00000405. The third-order valence-electron chi connectivity index (χ3n) is 7.83. The van der Waals surface area contributed by atoms with Crippen LogP contribution >= 0.6 is 23.4 Å². The van der Waals surface area contributed by atoms with E-state index in [1.165, 1.54) is 5.56 Å². The van der Waals surface area contributed by atoms with Gasteiger partial charge in [0.2, 0.25) is 0 Å². The van der Waals surface area contributed by atoms with Crippen LogP contribution in [0.15, 0.2) is 78.9 Å². The summed E-state index contributed by atoms with van der Waals surface area (Å²) in [4.78, 5) is 16.2. The van der Waals surface area contributed by atoms with Crippen LogP contribution in [0.25, 0.3) is 23.1 Å². The van der Waals surface area contributed by atoms with E-state index < -0.39 is 11.6 Å². The number of pyridine rings is 1. The van der Waals surface area contributed by atoms with Crippen LogP contribution < -0.4 is 0 Å². The Morgan fingerprint density at radius 1 is 1.05 bits per heavy atom. The molecule has 0 bridgehead atoms. The van der Waals surface area contributed by atoms with Crippen LogP contribution in [0.3, 0.4) is 0 Å². The van der Waals surface area contributed by atoms with Gasteiger partial charge in [-0.3, -0.25) is 4.79 Å². The first kappa shape index (κ1) is 32.8. The number of hydrogen-bond acceptors (Lipinski definition) is 4. The molecule has 2 N–H and O–H groups in total. The van der Waals surface area contributed by atoms with Crippen LogP contribution in [-0.2, 0) is 16.8 Å². The fourth-order valence-corrected chi connectivity index (χ4v) is 7.09. The van der Waals surface area contributed by atoms with E-state index in [0.29, 0.717) is 5.02 Å². The van der Waals surface area contributed by atoms with Gasteiger partial charge in [-0.25, -0.2) is 4.98 Å². The molecule has 1 aliphatic carbocycles. The number of halogens is 1. The van der Waals surface area contributed by atoms with Crippen molar-refractivity contribution in [3.05, 3.63) is 112 Å². The second-order valence-corrected chi connectivity index (χ2v) is 13.3. The number of fused-ring (bicyclic) bond motifs is 1. The van der Waals surface area contributed by atoms with Crippen LogP contribution in [-0.4, -0.2) is 56.5 Å². The van der Waals surface area contributed by atoms with Crippen molar-refractivity contribution in [2.75, 3.05) is 5.75 Å². The summed E-state index contributed by atoms with van der Waals surface area (Å²) in [6, 6.07) is 26.5. The second-order valence-electron chi connectivity index (χ2n) is 11.7. The predicted molar refractivity (Wildman–Crippen MR) is 178 cm³/mol. The van der Waals surface area contributed by atoms with Crippen LogP contribution in [0.2, 0.25) is 5.02 Å². The van der Waals surface area contributed by atoms with E-state index in [9.17, 15) is 15.0 Å². The normalized spacial score (nSPS) is 15.0. The zero-order valence-electron chi connectivity index (χ0n) is 23.5. The van der Waals surface area contributed by atoms with Crippen LogP contribution in [0.5, 0.6) is 0 Å². The Bertz CT molecular complexity index is 1580. The van der Waals surface area contributed by atoms with Crippen molar-refractivity contribution in [2.45, 2.75) is 56.8 Å². The number of thioether (sulfide) groups is 1. The SMILES string of the molecule is CC(C)(O)c1ccccc1CCC(SCC1(CC(=O)O)CC1)c1cccc(/C=C/c2ccc3ccc(Cl)cc3n2)c1.[NaH]. The number of carboxylic acid groups (broad SMARTS) is 1. The number of aliphatic hydroxyl groups is 1. The number of benzene rings is 3. The topological polar surface area (TPSA) is 70.4 Å². The summed E-state index contributed by atoms with van der Waals surface area (Å²) in [5.41, 5.74) is 5.15. The van der Waals surface area contributed by atoms with Crippen molar-refractivity contribution in [1.29, 1.82) is 0 Å². The third-order valence-corrected chi connectivity index (χ3v) is 9.76. The van der Waals surface area contributed by atoms with Gasteiger partial charge < -0.3 is 10.2 Å². The van der Waals surface area contributed by atoms with Crippen LogP contribution in [0.1, 0.15) is 72.7 Å². The van der Waals surface area contributed by atoms with E-state index in [4.69, 9.17) is 16.6 Å². The summed E-state index contributed by atoms with van der Waals surface area (Å²) in [6.07, 6.45) is 8.02. The van der Waals surface area contributed by atoms with Gasteiger partial charge >= 0.3 is 35.5 Å². The Morgan fingerprint density at radius 3 is 2.55 bits per heavy atom. The number of hydrogen-bond donors (Lipinski definition) is 2. The second kappa shape index (κ2) is 14.1. The molecule has 1 saturated carbocycles. The number of aryl methyl sites for hydroxylation is 1. The summed E-state index contributed by atoms with van der Waals surface area (Å²) in [5, 5.41) is 22.1. The molecule has 1 aromatic heterocycles. The molecule has 0 amide bonds. The van der Waals surface area contributed by atoms with Crippen molar-refractivity contribution in [1.82, 2.24) is 4.98 Å². The first-order chi connectivity index (χ1) is 19.6. The fourth-order valence-electron chi connectivity index (χ4n) is 5.36. The zero-order valence-corrected chi connectivity index (χ0v) is 25.1. The molecular formula is C35H37ClNNaO3S. The number of aliphatic carboxylic acids is 1. The molecule has 1 heterocycles. The van der Waals surface area contributed by atoms with Gasteiger partial charge in [0.15, 0.2) is 0 Å². The number of carboxylic acids is 1. The van der Waals surface area contributed by atoms with Gasteiger partial charge in [-0.2, -0.15) is 11.8 Å². The van der Waals surface area contributed by atoms with E-state index in [1.807, 2.05) is 74.1 Å². The van der Waals surface area contributed by atoms with Gasteiger partial charge in [0.25, 0.3) is 0 Å². The van der Waals surface area contributed by atoms with Gasteiger partial charge in [-0.05, 0) is 91.5 Å². The summed E-state index contributed by atoms with van der Waals surface area (Å²) >= 11 is 8.04. The van der Waals surface area contributed by atoms with Crippen molar-refractivity contribution in [2.24, 2.45) is 5.41 Å². The predicted octanol–water partition coefficient (Wildman–Crippen LogP) is 8.30. The molecule has 3 aromatic carbocycles. The van der Waals surface area contributed by atoms with Gasteiger partial charge in [0, 0.05) is 21.4 Å². The first-order valence-corrected chi connectivity index (χ1v) is 15.5. The third kappa shape index (κ3) is 8.72. The minimum absolute atomic E-state index is 0. The number of nitrogens with zero attached hydrogens (tertiary/aromatic N) is 1. The molecule has 1 aliphatic rings. The molecule has 1 atom stereocenters. The van der Waals surface area contributed by atoms with E-state index in [1.54, 1.807) is 0 Å². The molecule has 4 nitrogen and oxygen atoms in total. The molecule has 4 aromatic rings. The maximum atomic E-state index is 11.5. The number of carbonyl (C=O) groups is 1. The van der Waals surface area contributed by atoms with E-state index in [2.05, 4.69) is 42.5 Å². The summed E-state index contributed by atoms with van der Waals surface area (Å²) < 4.78 is 0. The van der Waals surface area contributed by atoms with Gasteiger partial charge in [0.1, 0.15) is 0 Å². The van der Waals surface area contributed by atoms with Gasteiger partial charge in [0.05, 0.1) is 23.2 Å². The Kier molecular flexibility index (Phi) is 11.0. The molecule has 0 saturated heterocycles. The van der Waals surface area contributed by atoms with Crippen LogP contribution in [0.4, 0.5) is 0 Å². The molecule has 1 unspecified atom stereocenters. The quantitative estimate of drug-likeness (QED) is 0.158. The van der Waals surface area contributed by atoms with Crippen molar-refractivity contribution in [3.8, 4) is 0 Å². The molecule has 42 heavy (non-hydrogen) atoms. The average molecular weight is 610 g/mol. The Hall–Kier alpha value is -2.12. The Morgan fingerprint density at radius 2 is 1.81 bits per heavy atom. The van der Waals surface area contributed by atoms with E-state index >= 15 is 0 Å². The first-order valence-electron chi connectivity index (χ1n) is 14.1. The Labute approximate surface area is 279 Å². The van der Waals surface area contributed by atoms with Crippen LogP contribution in [0, 0.1) is 5.41 Å². The summed E-state index contributed by atoms with van der Waals surface area (Å²) in [7, 11) is 0. The molecular weight excluding hydrogens is 573 g/mol. The monoisotopic (exact) mass is 609 g/mol. The van der Waals surface area contributed by atoms with Gasteiger partial charge in [-0.1, -0.05) is 78.3 Å². The summed E-state index contributed by atoms with van der Waals surface area (Å²) in [6.45, 7) is 3.66. The van der Waals surface area contributed by atoms with Crippen molar-refractivity contribution >= 4 is 81.9 Å². The standard InChI is InChI=1S/C35H36ClNO3S.Na.H/c1-34(2,40)30-9-4-3-7-25(30)13-17-32(41-23-35(18-19-35)22-33(38)39)27-8-5-6-24(20-27)10-15-29-16-12-26-11-14-28(36)21-31(26)37-29;;/h3-12,14-16,20-21,32,40H,13,17-19,22-23H2,1-2H3,(H,38,39);;/b15-10+;;. The van der Waals surface area contributed by atoms with Crippen molar-refractivity contribution < 1.29 is 15.0 Å². The minimum atomic E-state index is -0.911. The van der Waals surface area contributed by atoms with E-state index in [-0.39, 0.29) is 46.6 Å². The zero-order chi connectivity index (χ0) is 29.0. The number of aromatic nitrogens is 1. The molecule has 0 spiro atoms. The van der Waals surface area contributed by atoms with Gasteiger partial charge in [-0.15, -0.1) is 0 Å². The maximum absolute atomic E-state index is 11.5. The average Bonchev–Trinajstić information content (AvgIpc) is 3.70. The molecule has 0 radical (unpaired) electrons. The molecule has 5 rings (SSSR count). The summed E-state index contributed by atoms with van der Waals surface area (Å²) in [5.74, 6) is 0.122. The number of rotatable bonds is 12. The molecule has 1 fully saturated rings.